The smallest absolute Gasteiger partial charge is 0.152 e. The van der Waals surface area contributed by atoms with Gasteiger partial charge in [-0.05, 0) is 48.9 Å². The fourth-order valence-corrected chi connectivity index (χ4v) is 3.46. The Labute approximate surface area is 155 Å². The molecule has 3 aromatic rings. The maximum absolute atomic E-state index is 6.18. The van der Waals surface area contributed by atoms with E-state index in [1.165, 1.54) is 0 Å². The summed E-state index contributed by atoms with van der Waals surface area (Å²) in [4.78, 5) is 2.15. The number of para-hydroxylation sites is 1. The summed E-state index contributed by atoms with van der Waals surface area (Å²) < 4.78 is 13.0. The van der Waals surface area contributed by atoms with Crippen molar-refractivity contribution in [2.24, 2.45) is 0 Å². The lowest BCUT2D eigenvalue weighted by Gasteiger charge is -2.30. The van der Waals surface area contributed by atoms with Crippen LogP contribution in [0, 0.1) is 0 Å². The summed E-state index contributed by atoms with van der Waals surface area (Å²) in [6, 6.07) is 20.4. The van der Waals surface area contributed by atoms with Crippen LogP contribution in [-0.4, -0.2) is 13.7 Å². The number of halogens is 1. The Kier molecular flexibility index (Phi) is 4.14. The zero-order chi connectivity index (χ0) is 17.4. The summed E-state index contributed by atoms with van der Waals surface area (Å²) in [6.07, 6.45) is 0. The van der Waals surface area contributed by atoms with E-state index in [9.17, 15) is 0 Å². The number of nitrogens with zero attached hydrogens (tertiary/aromatic N) is 1. The predicted molar refractivity (Wildman–Crippen MR) is 105 cm³/mol. The molecule has 0 amide bonds. The van der Waals surface area contributed by atoms with Gasteiger partial charge in [0, 0.05) is 17.1 Å². The molecule has 0 radical (unpaired) electrons. The Bertz CT molecular complexity index is 939. The zero-order valence-corrected chi connectivity index (χ0v) is 15.7. The van der Waals surface area contributed by atoms with Gasteiger partial charge in [-0.1, -0.05) is 40.2 Å². The summed E-state index contributed by atoms with van der Waals surface area (Å²) in [5, 5.41) is 0. The Morgan fingerprint density at radius 1 is 0.960 bits per heavy atom. The molecule has 1 heterocycles. The van der Waals surface area contributed by atoms with Crippen molar-refractivity contribution in [3.05, 3.63) is 65.1 Å². The molecule has 0 aliphatic carbocycles. The van der Waals surface area contributed by atoms with Crippen LogP contribution in [0.2, 0.25) is 0 Å². The molecule has 0 N–H and O–H groups in total. The molecular weight excluding hydrogens is 378 g/mol. The summed E-state index contributed by atoms with van der Waals surface area (Å²) in [6.45, 7) is 2.64. The monoisotopic (exact) mass is 395 g/mol. The molecule has 126 valence electrons. The van der Waals surface area contributed by atoms with Crippen molar-refractivity contribution in [3.63, 3.8) is 0 Å². The van der Waals surface area contributed by atoms with Crippen LogP contribution < -0.4 is 14.4 Å². The Hall–Kier alpha value is -2.46. The van der Waals surface area contributed by atoms with E-state index in [0.29, 0.717) is 6.61 Å². The first-order chi connectivity index (χ1) is 12.2. The number of hydrogen-bond donors (Lipinski definition) is 0. The number of fused-ring (bicyclic) bond motifs is 2. The maximum atomic E-state index is 6.18. The number of benzene rings is 3. The summed E-state index contributed by atoms with van der Waals surface area (Å²) in [7, 11) is 2.06. The Morgan fingerprint density at radius 3 is 2.48 bits per heavy atom. The van der Waals surface area contributed by atoms with Gasteiger partial charge in [-0.25, -0.2) is 0 Å². The highest BCUT2D eigenvalue weighted by Crippen LogP contribution is 2.48. The first kappa shape index (κ1) is 16.0. The van der Waals surface area contributed by atoms with Crippen LogP contribution in [0.3, 0.4) is 0 Å². The van der Waals surface area contributed by atoms with Gasteiger partial charge in [-0.15, -0.1) is 0 Å². The van der Waals surface area contributed by atoms with Crippen LogP contribution >= 0.6 is 15.9 Å². The van der Waals surface area contributed by atoms with E-state index < -0.39 is 0 Å². The maximum Gasteiger partial charge on any atom is 0.152 e. The van der Waals surface area contributed by atoms with E-state index in [4.69, 9.17) is 9.47 Å². The SMILES string of the molecule is CCOc1ccccc1-c1ccc2c(c1)Oc1cc(Br)ccc1N2C. The summed E-state index contributed by atoms with van der Waals surface area (Å²) in [5.74, 6) is 2.58. The largest absolute Gasteiger partial charge is 0.493 e. The number of hydrogen-bond acceptors (Lipinski definition) is 3. The minimum absolute atomic E-state index is 0.641. The molecule has 0 unspecified atom stereocenters. The lowest BCUT2D eigenvalue weighted by atomic mass is 10.0. The molecule has 1 aliphatic rings. The van der Waals surface area contributed by atoms with E-state index in [-0.39, 0.29) is 0 Å². The van der Waals surface area contributed by atoms with Crippen LogP contribution in [0.15, 0.2) is 65.1 Å². The van der Waals surface area contributed by atoms with Gasteiger partial charge in [0.1, 0.15) is 5.75 Å². The first-order valence-corrected chi connectivity index (χ1v) is 9.04. The molecule has 3 nitrogen and oxygen atoms in total. The van der Waals surface area contributed by atoms with Crippen LogP contribution in [0.5, 0.6) is 17.2 Å². The molecule has 0 bridgehead atoms. The fourth-order valence-electron chi connectivity index (χ4n) is 3.12. The molecule has 0 aromatic heterocycles. The minimum Gasteiger partial charge on any atom is -0.493 e. The van der Waals surface area contributed by atoms with Gasteiger partial charge < -0.3 is 14.4 Å². The van der Waals surface area contributed by atoms with Gasteiger partial charge in [0.15, 0.2) is 11.5 Å². The highest BCUT2D eigenvalue weighted by molar-refractivity contribution is 9.10. The molecule has 0 saturated carbocycles. The highest BCUT2D eigenvalue weighted by Gasteiger charge is 2.22. The van der Waals surface area contributed by atoms with E-state index in [0.717, 1.165) is 44.2 Å². The predicted octanol–water partition coefficient (Wildman–Crippen LogP) is 6.39. The molecular formula is C21H18BrNO2. The van der Waals surface area contributed by atoms with Gasteiger partial charge >= 0.3 is 0 Å². The third-order valence-electron chi connectivity index (χ3n) is 4.32. The second-order valence-corrected chi connectivity index (χ2v) is 6.80. The molecule has 0 saturated heterocycles. The van der Waals surface area contributed by atoms with Gasteiger partial charge in [-0.2, -0.15) is 0 Å². The first-order valence-electron chi connectivity index (χ1n) is 8.24. The van der Waals surface area contributed by atoms with E-state index in [1.807, 2.05) is 37.3 Å². The lowest BCUT2D eigenvalue weighted by Crippen LogP contribution is -2.15. The molecule has 4 rings (SSSR count). The third-order valence-corrected chi connectivity index (χ3v) is 4.82. The molecule has 3 aromatic carbocycles. The third kappa shape index (κ3) is 2.87. The molecule has 0 atom stereocenters. The van der Waals surface area contributed by atoms with Gasteiger partial charge in [-0.3, -0.25) is 0 Å². The molecule has 0 fully saturated rings. The van der Waals surface area contributed by atoms with Crippen LogP contribution in [-0.2, 0) is 0 Å². The topological polar surface area (TPSA) is 21.7 Å². The lowest BCUT2D eigenvalue weighted by molar-refractivity contribution is 0.341. The molecule has 1 aliphatic heterocycles. The standard InChI is InChI=1S/C21H18BrNO2/c1-3-24-19-7-5-4-6-16(19)14-8-10-17-20(12-14)25-21-13-15(22)9-11-18(21)23(17)2/h4-13H,3H2,1-2H3. The second kappa shape index (κ2) is 6.45. The van der Waals surface area contributed by atoms with Crippen molar-refractivity contribution >= 4 is 27.3 Å². The average Bonchev–Trinajstić information content (AvgIpc) is 2.62. The molecule has 4 heteroatoms. The minimum atomic E-state index is 0.641. The normalized spacial score (nSPS) is 12.2. The second-order valence-electron chi connectivity index (χ2n) is 5.88. The van der Waals surface area contributed by atoms with Crippen LogP contribution in [0.1, 0.15) is 6.92 Å². The highest BCUT2D eigenvalue weighted by atomic mass is 79.9. The summed E-state index contributed by atoms with van der Waals surface area (Å²) >= 11 is 3.51. The fraction of sp³-hybridized carbons (Fsp3) is 0.143. The summed E-state index contributed by atoms with van der Waals surface area (Å²) in [5.41, 5.74) is 4.25. The number of anilines is 2. The molecule has 25 heavy (non-hydrogen) atoms. The Morgan fingerprint density at radius 2 is 1.68 bits per heavy atom. The number of rotatable bonds is 3. The van der Waals surface area contributed by atoms with Crippen molar-refractivity contribution < 1.29 is 9.47 Å². The number of ether oxygens (including phenoxy) is 2. The molecule has 0 spiro atoms. The van der Waals surface area contributed by atoms with E-state index in [1.54, 1.807) is 0 Å². The Balaban J connectivity index is 1.79. The van der Waals surface area contributed by atoms with Crippen molar-refractivity contribution in [2.45, 2.75) is 6.92 Å². The van der Waals surface area contributed by atoms with E-state index >= 15 is 0 Å². The average molecular weight is 396 g/mol. The van der Waals surface area contributed by atoms with Crippen molar-refractivity contribution in [3.8, 4) is 28.4 Å². The van der Waals surface area contributed by atoms with Crippen molar-refractivity contribution in [2.75, 3.05) is 18.6 Å². The van der Waals surface area contributed by atoms with Crippen LogP contribution in [0.4, 0.5) is 11.4 Å². The van der Waals surface area contributed by atoms with Crippen LogP contribution in [0.25, 0.3) is 11.1 Å². The quantitative estimate of drug-likeness (QED) is 0.512. The van der Waals surface area contributed by atoms with E-state index in [2.05, 4.69) is 58.2 Å². The zero-order valence-electron chi connectivity index (χ0n) is 14.1. The van der Waals surface area contributed by atoms with Crippen molar-refractivity contribution in [1.82, 2.24) is 0 Å². The van der Waals surface area contributed by atoms with Gasteiger partial charge in [0.2, 0.25) is 0 Å². The van der Waals surface area contributed by atoms with Gasteiger partial charge in [0.25, 0.3) is 0 Å². The van der Waals surface area contributed by atoms with Gasteiger partial charge in [0.05, 0.1) is 18.0 Å². The van der Waals surface area contributed by atoms with Crippen molar-refractivity contribution in [1.29, 1.82) is 0 Å².